The van der Waals surface area contributed by atoms with Gasteiger partial charge in [-0.05, 0) is 46.1 Å². The summed E-state index contributed by atoms with van der Waals surface area (Å²) in [6, 6.07) is 11.0. The lowest BCUT2D eigenvalue weighted by Crippen LogP contribution is -2.51. The number of hydrogen-bond donors (Lipinski definition) is 0. The Morgan fingerprint density at radius 2 is 1.85 bits per heavy atom. The molecule has 1 amide bonds. The third-order valence-electron chi connectivity index (χ3n) is 4.44. The second-order valence-electron chi connectivity index (χ2n) is 6.09. The van der Waals surface area contributed by atoms with Crippen LogP contribution in [-0.2, 0) is 21.2 Å². The lowest BCUT2D eigenvalue weighted by Gasteiger charge is -2.33. The number of hydrogen-bond acceptors (Lipinski definition) is 5. The number of nitrogens with zero attached hydrogens (tertiary/aromatic N) is 2. The van der Waals surface area contributed by atoms with Crippen molar-refractivity contribution in [2.45, 2.75) is 17.6 Å². The third-order valence-corrected chi connectivity index (χ3v) is 8.43. The maximum atomic E-state index is 12.6. The number of carbonyl (C=O) groups is 1. The molecule has 146 valence electrons. The SMILES string of the molecule is CCc1ccccc1OCC(=O)N1CCN(S(=O)(=O)c2ccc(Br)s2)CC1. The largest absolute Gasteiger partial charge is 0.483 e. The molecule has 0 saturated carbocycles. The van der Waals surface area contributed by atoms with Crippen molar-refractivity contribution in [2.24, 2.45) is 0 Å². The monoisotopic (exact) mass is 472 g/mol. The Morgan fingerprint density at radius 1 is 1.15 bits per heavy atom. The minimum absolute atomic E-state index is 0.0400. The number of aryl methyl sites for hydroxylation is 1. The Morgan fingerprint density at radius 3 is 2.48 bits per heavy atom. The first kappa shape index (κ1) is 20.3. The van der Waals surface area contributed by atoms with E-state index in [1.807, 2.05) is 31.2 Å². The number of para-hydroxylation sites is 1. The summed E-state index contributed by atoms with van der Waals surface area (Å²) >= 11 is 4.48. The summed E-state index contributed by atoms with van der Waals surface area (Å²) in [5.41, 5.74) is 1.06. The normalized spacial score (nSPS) is 15.7. The highest BCUT2D eigenvalue weighted by Crippen LogP contribution is 2.29. The molecule has 9 heteroatoms. The van der Waals surface area contributed by atoms with Crippen molar-refractivity contribution >= 4 is 43.2 Å². The van der Waals surface area contributed by atoms with E-state index in [4.69, 9.17) is 4.74 Å². The van der Waals surface area contributed by atoms with Gasteiger partial charge >= 0.3 is 0 Å². The molecule has 0 radical (unpaired) electrons. The molecule has 1 aliphatic rings. The Labute approximate surface area is 171 Å². The fraction of sp³-hybridized carbons (Fsp3) is 0.389. The molecule has 1 aromatic carbocycles. The molecule has 3 rings (SSSR count). The minimum atomic E-state index is -3.50. The zero-order valence-corrected chi connectivity index (χ0v) is 18.1. The van der Waals surface area contributed by atoms with Crippen LogP contribution in [0.3, 0.4) is 0 Å². The molecule has 0 N–H and O–H groups in total. The highest BCUT2D eigenvalue weighted by Gasteiger charge is 2.31. The van der Waals surface area contributed by atoms with Crippen LogP contribution in [0.4, 0.5) is 0 Å². The Balaban J connectivity index is 1.55. The van der Waals surface area contributed by atoms with E-state index < -0.39 is 10.0 Å². The van der Waals surface area contributed by atoms with Gasteiger partial charge in [0.25, 0.3) is 15.9 Å². The van der Waals surface area contributed by atoms with Crippen molar-refractivity contribution in [3.63, 3.8) is 0 Å². The number of piperazine rings is 1. The molecular weight excluding hydrogens is 452 g/mol. The van der Waals surface area contributed by atoms with Crippen LogP contribution in [0.15, 0.2) is 44.4 Å². The average molecular weight is 473 g/mol. The molecule has 2 heterocycles. The van der Waals surface area contributed by atoms with Crippen molar-refractivity contribution in [1.29, 1.82) is 0 Å². The lowest BCUT2D eigenvalue weighted by molar-refractivity contribution is -0.134. The van der Waals surface area contributed by atoms with Crippen molar-refractivity contribution in [3.05, 3.63) is 45.7 Å². The van der Waals surface area contributed by atoms with Crippen molar-refractivity contribution < 1.29 is 17.9 Å². The highest BCUT2D eigenvalue weighted by molar-refractivity contribution is 9.11. The van der Waals surface area contributed by atoms with Crippen LogP contribution < -0.4 is 4.74 Å². The summed E-state index contributed by atoms with van der Waals surface area (Å²) in [7, 11) is -3.50. The fourth-order valence-electron chi connectivity index (χ4n) is 2.91. The second kappa shape index (κ2) is 8.72. The van der Waals surface area contributed by atoms with Gasteiger partial charge in [0, 0.05) is 26.2 Å². The summed E-state index contributed by atoms with van der Waals surface area (Å²) in [6.07, 6.45) is 0.833. The molecular formula is C18H21BrN2O4S2. The standard InChI is InChI=1S/C18H21BrN2O4S2/c1-2-14-5-3-4-6-15(14)25-13-17(22)20-9-11-21(12-10-20)27(23,24)18-8-7-16(19)26-18/h3-8H,2,9-13H2,1H3. The number of sulfonamides is 1. The molecule has 0 unspecified atom stereocenters. The number of carbonyl (C=O) groups excluding carboxylic acids is 1. The van der Waals surface area contributed by atoms with Crippen LogP contribution in [0.2, 0.25) is 0 Å². The van der Waals surface area contributed by atoms with Crippen molar-refractivity contribution in [2.75, 3.05) is 32.8 Å². The second-order valence-corrected chi connectivity index (χ2v) is 10.7. The van der Waals surface area contributed by atoms with Gasteiger partial charge < -0.3 is 9.64 Å². The van der Waals surface area contributed by atoms with Gasteiger partial charge in [-0.1, -0.05) is 25.1 Å². The minimum Gasteiger partial charge on any atom is -0.483 e. The molecule has 27 heavy (non-hydrogen) atoms. The van der Waals surface area contributed by atoms with Gasteiger partial charge in [0.2, 0.25) is 0 Å². The van der Waals surface area contributed by atoms with Gasteiger partial charge in [-0.2, -0.15) is 4.31 Å². The van der Waals surface area contributed by atoms with Crippen LogP contribution in [0, 0.1) is 0 Å². The predicted octanol–water partition coefficient (Wildman–Crippen LogP) is 2.98. The van der Waals surface area contributed by atoms with E-state index in [2.05, 4.69) is 15.9 Å². The molecule has 0 atom stereocenters. The van der Waals surface area contributed by atoms with Gasteiger partial charge in [0.15, 0.2) is 6.61 Å². The van der Waals surface area contributed by atoms with Crippen molar-refractivity contribution in [3.8, 4) is 5.75 Å². The molecule has 6 nitrogen and oxygen atoms in total. The molecule has 1 saturated heterocycles. The maximum absolute atomic E-state index is 12.6. The number of ether oxygens (including phenoxy) is 1. The smallest absolute Gasteiger partial charge is 0.260 e. The van der Waals surface area contributed by atoms with Gasteiger partial charge in [-0.15, -0.1) is 11.3 Å². The van der Waals surface area contributed by atoms with Crippen molar-refractivity contribution in [1.82, 2.24) is 9.21 Å². The lowest BCUT2D eigenvalue weighted by atomic mass is 10.1. The van der Waals surface area contributed by atoms with Crippen LogP contribution in [-0.4, -0.2) is 56.3 Å². The summed E-state index contributed by atoms with van der Waals surface area (Å²) in [4.78, 5) is 14.1. The quantitative estimate of drug-likeness (QED) is 0.647. The number of halogens is 1. The van der Waals surface area contributed by atoms with Crippen LogP contribution >= 0.6 is 27.3 Å². The van der Waals surface area contributed by atoms with Crippen LogP contribution in [0.25, 0.3) is 0 Å². The van der Waals surface area contributed by atoms with E-state index in [0.29, 0.717) is 17.3 Å². The molecule has 1 fully saturated rings. The van der Waals surface area contributed by atoms with E-state index in [1.165, 1.54) is 15.6 Å². The van der Waals surface area contributed by atoms with E-state index >= 15 is 0 Å². The number of rotatable bonds is 6. The van der Waals surface area contributed by atoms with E-state index in [-0.39, 0.29) is 25.6 Å². The first-order valence-corrected chi connectivity index (χ1v) is 11.7. The molecule has 0 bridgehead atoms. The molecule has 0 aliphatic carbocycles. The Hall–Kier alpha value is -1.42. The zero-order chi connectivity index (χ0) is 19.4. The van der Waals surface area contributed by atoms with Gasteiger partial charge in [-0.25, -0.2) is 8.42 Å². The summed E-state index contributed by atoms with van der Waals surface area (Å²) in [5, 5.41) is 0. The average Bonchev–Trinajstić information content (AvgIpc) is 3.13. The van der Waals surface area contributed by atoms with Gasteiger partial charge in [0.1, 0.15) is 9.96 Å². The number of amides is 1. The third kappa shape index (κ3) is 4.71. The highest BCUT2D eigenvalue weighted by atomic mass is 79.9. The molecule has 1 aliphatic heterocycles. The Bertz CT molecular complexity index is 906. The van der Waals surface area contributed by atoms with E-state index in [9.17, 15) is 13.2 Å². The summed E-state index contributed by atoms with van der Waals surface area (Å²) < 4.78 is 33.5. The Kier molecular flexibility index (Phi) is 6.56. The maximum Gasteiger partial charge on any atom is 0.260 e. The number of thiophene rings is 1. The number of benzene rings is 1. The predicted molar refractivity (Wildman–Crippen MR) is 109 cm³/mol. The first-order valence-electron chi connectivity index (χ1n) is 8.65. The van der Waals surface area contributed by atoms with E-state index in [1.54, 1.807) is 17.0 Å². The fourth-order valence-corrected chi connectivity index (χ4v) is 6.50. The summed E-state index contributed by atoms with van der Waals surface area (Å²) in [6.45, 7) is 3.30. The van der Waals surface area contributed by atoms with Crippen LogP contribution in [0.5, 0.6) is 5.75 Å². The molecule has 0 spiro atoms. The topological polar surface area (TPSA) is 66.9 Å². The zero-order valence-electron chi connectivity index (χ0n) is 14.9. The summed E-state index contributed by atoms with van der Waals surface area (Å²) in [5.74, 6) is 0.592. The molecule has 1 aromatic heterocycles. The van der Waals surface area contributed by atoms with Gasteiger partial charge in [0.05, 0.1) is 3.79 Å². The first-order chi connectivity index (χ1) is 12.9. The van der Waals surface area contributed by atoms with Crippen LogP contribution in [0.1, 0.15) is 12.5 Å². The van der Waals surface area contributed by atoms with E-state index in [0.717, 1.165) is 21.5 Å². The van der Waals surface area contributed by atoms with Gasteiger partial charge in [-0.3, -0.25) is 4.79 Å². The molecule has 2 aromatic rings.